The first-order valence-corrected chi connectivity index (χ1v) is 21.0. The summed E-state index contributed by atoms with van der Waals surface area (Å²) in [6.07, 6.45) is 14.0. The lowest BCUT2D eigenvalue weighted by molar-refractivity contribution is -0.702. The van der Waals surface area contributed by atoms with Gasteiger partial charge in [0.1, 0.15) is 4.91 Å². The van der Waals surface area contributed by atoms with E-state index < -0.39 is 31.2 Å². The number of sulfone groups is 2. The van der Waals surface area contributed by atoms with Crippen molar-refractivity contribution in [3.8, 4) is 11.1 Å². The summed E-state index contributed by atoms with van der Waals surface area (Å²) in [5, 5.41) is 12.8. The van der Waals surface area contributed by atoms with Gasteiger partial charge in [0.15, 0.2) is 37.9 Å². The van der Waals surface area contributed by atoms with E-state index in [9.17, 15) is 26.7 Å². The molecule has 2 aromatic heterocycles. The van der Waals surface area contributed by atoms with Crippen molar-refractivity contribution in [2.45, 2.75) is 50.6 Å². The fourth-order valence-electron chi connectivity index (χ4n) is 6.45. The molecule has 7 rings (SSSR count). The number of nitrogens with zero attached hydrogens (tertiary/aromatic N) is 2. The van der Waals surface area contributed by atoms with E-state index >= 15 is 0 Å². The maximum Gasteiger partial charge on any atom is 0.211 e. The first-order valence-electron chi connectivity index (χ1n) is 18.1. The van der Waals surface area contributed by atoms with Gasteiger partial charge in [0, 0.05) is 41.7 Å². The molecule has 0 aliphatic carbocycles. The van der Waals surface area contributed by atoms with Crippen LogP contribution in [0, 0.1) is 11.8 Å². The highest BCUT2D eigenvalue weighted by Crippen LogP contribution is 2.38. The van der Waals surface area contributed by atoms with Gasteiger partial charge in [0.25, 0.3) is 0 Å². The number of fused-ring (bicyclic) bond motifs is 2. The largest absolute Gasteiger partial charge is 0.871 e. The molecule has 10 heteroatoms. The van der Waals surface area contributed by atoms with Crippen molar-refractivity contribution < 1.29 is 35.9 Å². The Bertz CT molecular complexity index is 2520. The van der Waals surface area contributed by atoms with Crippen LogP contribution in [0.5, 0.6) is 0 Å². The van der Waals surface area contributed by atoms with Crippen molar-refractivity contribution in [3.05, 3.63) is 179 Å². The molecule has 0 amide bonds. The molecular formula is C45H43N2O6S2+. The second-order valence-electron chi connectivity index (χ2n) is 14.2. The van der Waals surface area contributed by atoms with Crippen molar-refractivity contribution in [1.82, 2.24) is 0 Å². The van der Waals surface area contributed by atoms with E-state index in [2.05, 4.69) is 85.9 Å². The molecule has 0 saturated carbocycles. The van der Waals surface area contributed by atoms with Crippen LogP contribution in [0.3, 0.4) is 0 Å². The molecule has 0 spiro atoms. The molecule has 280 valence electrons. The zero-order chi connectivity index (χ0) is 39.3. The number of benzene rings is 3. The highest BCUT2D eigenvalue weighted by Gasteiger charge is 2.38. The number of carbonyl (C=O) groups is 1. The van der Waals surface area contributed by atoms with Crippen LogP contribution in [0.15, 0.2) is 172 Å². The summed E-state index contributed by atoms with van der Waals surface area (Å²) in [7, 11) is -7.96. The molecule has 4 heterocycles. The number of pyridine rings is 2. The second-order valence-corrected chi connectivity index (χ2v) is 18.0. The van der Waals surface area contributed by atoms with E-state index in [1.54, 1.807) is 54.6 Å². The van der Waals surface area contributed by atoms with Crippen LogP contribution in [-0.4, -0.2) is 22.6 Å². The highest BCUT2D eigenvalue weighted by atomic mass is 32.2. The maximum atomic E-state index is 12.9. The summed E-state index contributed by atoms with van der Waals surface area (Å²) < 4.78 is 56.1. The average Bonchev–Trinajstić information content (AvgIpc) is 3.49. The van der Waals surface area contributed by atoms with E-state index in [1.165, 1.54) is 59.7 Å². The normalized spacial score (nSPS) is 16.4. The zero-order valence-electron chi connectivity index (χ0n) is 31.2. The first kappa shape index (κ1) is 39.0. The molecule has 0 N–H and O–H groups in total. The lowest BCUT2D eigenvalue weighted by Crippen LogP contribution is -2.35. The molecule has 3 aromatic carbocycles. The molecule has 0 bridgehead atoms. The zero-order valence-corrected chi connectivity index (χ0v) is 32.8. The van der Waals surface area contributed by atoms with E-state index in [-0.39, 0.29) is 30.7 Å². The third kappa shape index (κ3) is 8.51. The Labute approximate surface area is 323 Å². The Balaban J connectivity index is 0.000000219. The van der Waals surface area contributed by atoms with Gasteiger partial charge in [-0.3, -0.25) is 4.79 Å². The van der Waals surface area contributed by atoms with E-state index in [0.29, 0.717) is 23.0 Å². The molecular weight excluding hydrogens is 729 g/mol. The lowest BCUT2D eigenvalue weighted by atomic mass is 10.0. The summed E-state index contributed by atoms with van der Waals surface area (Å²) in [5.74, 6) is 0.147. The van der Waals surface area contributed by atoms with Crippen molar-refractivity contribution in [3.63, 3.8) is 0 Å². The van der Waals surface area contributed by atoms with Crippen LogP contribution in [0.1, 0.15) is 49.2 Å². The van der Waals surface area contributed by atoms with Crippen LogP contribution < -0.4 is 14.2 Å². The van der Waals surface area contributed by atoms with Crippen LogP contribution in [-0.2, 0) is 32.8 Å². The molecule has 0 atom stereocenters. The van der Waals surface area contributed by atoms with Crippen LogP contribution in [0.25, 0.3) is 22.5 Å². The summed E-state index contributed by atoms with van der Waals surface area (Å²) in [4.78, 5) is 11.9. The number of allylic oxidation sites excluding steroid dienone is 6. The fourth-order valence-corrected chi connectivity index (χ4v) is 9.54. The number of rotatable bonds is 9. The summed E-state index contributed by atoms with van der Waals surface area (Å²) in [5.41, 5.74) is 3.84. The van der Waals surface area contributed by atoms with E-state index in [0.717, 1.165) is 13.1 Å². The standard InChI is InChI=1S/C27H18O6S2.C18H26N2/c28-26-20-10-4-6-12-22(20)34(30,31)24(26)16-14-19(18-8-2-1-3-9-18)15-17-25-27(29)21-11-5-7-13-23(21)35(25,32)33;1-15(2)13-19-9-5-17(6-10-19)18-7-11-20(12-8-18)14-16(3)4/h1-17,28H;5-12,15-16H,13-14H2,1-4H3/q;+2/p-1. The minimum Gasteiger partial charge on any atom is -0.871 e. The Kier molecular flexibility index (Phi) is 11.6. The Hall–Kier alpha value is -5.71. The molecule has 55 heavy (non-hydrogen) atoms. The number of carbonyl (C=O) groups excluding carboxylic acids is 1. The molecule has 2 aliphatic rings. The molecule has 0 saturated heterocycles. The summed E-state index contributed by atoms with van der Waals surface area (Å²) >= 11 is 0. The Morgan fingerprint density at radius 1 is 0.636 bits per heavy atom. The van der Waals surface area contributed by atoms with Crippen molar-refractivity contribution >= 4 is 36.8 Å². The molecule has 8 nitrogen and oxygen atoms in total. The average molecular weight is 772 g/mol. The van der Waals surface area contributed by atoms with Gasteiger partial charge < -0.3 is 5.11 Å². The molecule has 0 radical (unpaired) electrons. The smallest absolute Gasteiger partial charge is 0.211 e. The van der Waals surface area contributed by atoms with Gasteiger partial charge in [-0.1, -0.05) is 106 Å². The number of aromatic nitrogens is 2. The summed E-state index contributed by atoms with van der Waals surface area (Å²) in [6.45, 7) is 11.1. The van der Waals surface area contributed by atoms with Crippen molar-refractivity contribution in [2.75, 3.05) is 0 Å². The first-order chi connectivity index (χ1) is 26.3. The van der Waals surface area contributed by atoms with Gasteiger partial charge in [0.2, 0.25) is 25.5 Å². The monoisotopic (exact) mass is 771 g/mol. The Morgan fingerprint density at radius 2 is 1.11 bits per heavy atom. The van der Waals surface area contributed by atoms with Crippen LogP contribution >= 0.6 is 0 Å². The van der Waals surface area contributed by atoms with E-state index in [4.69, 9.17) is 0 Å². The SMILES string of the molecule is CC(C)C[n+]1ccc(-c2cc[n+](CC(C)C)cc2)cc1.O=C1C(=CC=C(C=CC2=C([O-])c3ccccc3S2(=O)=O)c2ccccc2)S(=O)(=O)c2ccccc21. The van der Waals surface area contributed by atoms with Crippen LogP contribution in [0.4, 0.5) is 0 Å². The van der Waals surface area contributed by atoms with Crippen molar-refractivity contribution in [1.29, 1.82) is 0 Å². The van der Waals surface area contributed by atoms with Gasteiger partial charge in [-0.15, -0.1) is 0 Å². The Morgan fingerprint density at radius 3 is 1.60 bits per heavy atom. The molecule has 0 fully saturated rings. The quantitative estimate of drug-likeness (QED) is 0.0912. The van der Waals surface area contributed by atoms with Gasteiger partial charge in [0.05, 0.1) is 14.7 Å². The van der Waals surface area contributed by atoms with Gasteiger partial charge in [-0.05, 0) is 58.2 Å². The van der Waals surface area contributed by atoms with Crippen molar-refractivity contribution in [2.24, 2.45) is 11.8 Å². The predicted octanol–water partition coefficient (Wildman–Crippen LogP) is 6.94. The molecule has 5 aromatic rings. The number of ketones is 1. The number of hydrogen-bond acceptors (Lipinski definition) is 6. The lowest BCUT2D eigenvalue weighted by Gasteiger charge is -2.08. The summed E-state index contributed by atoms with van der Waals surface area (Å²) in [6, 6.07) is 29.6. The minimum atomic E-state index is -3.98. The topological polar surface area (TPSA) is 116 Å². The molecule has 2 aliphatic heterocycles. The predicted molar refractivity (Wildman–Crippen MR) is 212 cm³/mol. The minimum absolute atomic E-state index is 0.0441. The van der Waals surface area contributed by atoms with E-state index in [1.807, 2.05) is 0 Å². The molecule has 0 unspecified atom stereocenters. The number of hydrogen-bond donors (Lipinski definition) is 0. The van der Waals surface area contributed by atoms with Gasteiger partial charge in [-0.25, -0.2) is 26.0 Å². The van der Waals surface area contributed by atoms with Crippen LogP contribution in [0.2, 0.25) is 0 Å². The second kappa shape index (κ2) is 16.3. The maximum absolute atomic E-state index is 12.9. The third-order valence-corrected chi connectivity index (χ3v) is 12.7. The third-order valence-electron chi connectivity index (χ3n) is 9.07. The highest BCUT2D eigenvalue weighted by molar-refractivity contribution is 7.97. The number of Topliss-reactive ketones (excluding diaryl/α,β-unsaturated/α-hetero) is 1. The fraction of sp³-hybridized carbons (Fsp3) is 0.178. The van der Waals surface area contributed by atoms with Gasteiger partial charge >= 0.3 is 0 Å². The van der Waals surface area contributed by atoms with Gasteiger partial charge in [-0.2, -0.15) is 0 Å².